The van der Waals surface area contributed by atoms with Crippen LogP contribution in [0.15, 0.2) is 48.6 Å². The molecule has 5 N–H and O–H groups in total. The van der Waals surface area contributed by atoms with Gasteiger partial charge in [0.1, 0.15) is 12.2 Å². The van der Waals surface area contributed by atoms with Gasteiger partial charge in [-0.3, -0.25) is 4.79 Å². The maximum Gasteiger partial charge on any atom is 0.249 e. The van der Waals surface area contributed by atoms with Crippen LogP contribution in [0.25, 0.3) is 0 Å². The Morgan fingerprint density at radius 3 is 1.16 bits per heavy atom. The van der Waals surface area contributed by atoms with Gasteiger partial charge in [-0.05, 0) is 83.5 Å². The number of nitrogens with one attached hydrogen (secondary N) is 1. The molecule has 0 heterocycles. The van der Waals surface area contributed by atoms with E-state index in [1.54, 1.807) is 0 Å². The van der Waals surface area contributed by atoms with Crippen molar-refractivity contribution in [2.45, 2.75) is 263 Å². The van der Waals surface area contributed by atoms with E-state index in [0.717, 1.165) is 64.2 Å². The first kappa shape index (κ1) is 55.3. The molecule has 0 aliphatic heterocycles. The summed E-state index contributed by atoms with van der Waals surface area (Å²) in [6.45, 7) is 3.97. The Morgan fingerprint density at radius 2 is 0.754 bits per heavy atom. The van der Waals surface area contributed by atoms with Crippen LogP contribution in [0.1, 0.15) is 239 Å². The first-order chi connectivity index (χ1) is 28.0. The first-order valence-electron chi connectivity index (χ1n) is 24.5. The highest BCUT2D eigenvalue weighted by atomic mass is 16.3. The van der Waals surface area contributed by atoms with E-state index in [9.17, 15) is 25.2 Å². The van der Waals surface area contributed by atoms with E-state index in [1.165, 1.54) is 141 Å². The van der Waals surface area contributed by atoms with Crippen molar-refractivity contribution in [2.75, 3.05) is 6.61 Å². The minimum absolute atomic E-state index is 0.335. The van der Waals surface area contributed by atoms with Gasteiger partial charge in [0.15, 0.2) is 0 Å². The van der Waals surface area contributed by atoms with Crippen LogP contribution < -0.4 is 5.32 Å². The lowest BCUT2D eigenvalue weighted by atomic mass is 10.00. The van der Waals surface area contributed by atoms with Gasteiger partial charge in [0.25, 0.3) is 0 Å². The van der Waals surface area contributed by atoms with Gasteiger partial charge < -0.3 is 25.7 Å². The Bertz CT molecular complexity index is 946. The molecule has 0 saturated heterocycles. The lowest BCUT2D eigenvalue weighted by Gasteiger charge is -2.27. The number of aliphatic hydroxyl groups is 4. The zero-order valence-electron chi connectivity index (χ0n) is 37.6. The number of allylic oxidation sites excluding steroid dienone is 8. The van der Waals surface area contributed by atoms with E-state index < -0.39 is 36.9 Å². The molecule has 0 radical (unpaired) electrons. The zero-order chi connectivity index (χ0) is 41.7. The van der Waals surface area contributed by atoms with Crippen LogP contribution in [-0.2, 0) is 4.79 Å². The second kappa shape index (κ2) is 45.4. The second-order valence-electron chi connectivity index (χ2n) is 16.8. The number of aliphatic hydroxyl groups excluding tert-OH is 4. The highest BCUT2D eigenvalue weighted by Crippen LogP contribution is 2.16. The molecule has 0 aromatic heterocycles. The number of amides is 1. The Morgan fingerprint density at radius 1 is 0.421 bits per heavy atom. The van der Waals surface area contributed by atoms with Crippen LogP contribution in [0.2, 0.25) is 0 Å². The van der Waals surface area contributed by atoms with Gasteiger partial charge in [-0.25, -0.2) is 0 Å². The van der Waals surface area contributed by atoms with Crippen LogP contribution in [-0.4, -0.2) is 57.3 Å². The normalized spacial score (nSPS) is 14.4. The minimum atomic E-state index is -1.30. The number of carbonyl (C=O) groups is 1. The highest BCUT2D eigenvalue weighted by molar-refractivity contribution is 5.80. The Kier molecular flexibility index (Phi) is 44.0. The van der Waals surface area contributed by atoms with Crippen molar-refractivity contribution in [1.29, 1.82) is 0 Å². The van der Waals surface area contributed by atoms with Crippen molar-refractivity contribution < 1.29 is 25.2 Å². The van der Waals surface area contributed by atoms with Crippen LogP contribution in [0.4, 0.5) is 0 Å². The third kappa shape index (κ3) is 39.5. The molecular formula is C51H95NO5. The minimum Gasteiger partial charge on any atom is -0.394 e. The van der Waals surface area contributed by atoms with Gasteiger partial charge in [0, 0.05) is 0 Å². The van der Waals surface area contributed by atoms with Crippen molar-refractivity contribution in [3.8, 4) is 0 Å². The van der Waals surface area contributed by atoms with Gasteiger partial charge in [0.2, 0.25) is 5.91 Å². The van der Waals surface area contributed by atoms with Crippen LogP contribution in [0.5, 0.6) is 0 Å². The van der Waals surface area contributed by atoms with Crippen molar-refractivity contribution in [3.63, 3.8) is 0 Å². The second-order valence-corrected chi connectivity index (χ2v) is 16.8. The summed E-state index contributed by atoms with van der Waals surface area (Å²) in [5.41, 5.74) is 0. The largest absolute Gasteiger partial charge is 0.394 e. The number of rotatable bonds is 44. The fraction of sp³-hybridized carbons (Fsp3) is 0.824. The van der Waals surface area contributed by atoms with Gasteiger partial charge in [-0.1, -0.05) is 204 Å². The first-order valence-corrected chi connectivity index (χ1v) is 24.5. The number of unbranched alkanes of at least 4 members (excludes halogenated alkanes) is 27. The van der Waals surface area contributed by atoms with E-state index in [2.05, 4.69) is 67.8 Å². The maximum absolute atomic E-state index is 12.4. The van der Waals surface area contributed by atoms with Crippen molar-refractivity contribution in [2.24, 2.45) is 0 Å². The quantitative estimate of drug-likeness (QED) is 0.0311. The van der Waals surface area contributed by atoms with Gasteiger partial charge in [0.05, 0.1) is 18.8 Å². The Hall–Kier alpha value is -1.73. The summed E-state index contributed by atoms with van der Waals surface area (Å²) in [6.07, 6.45) is 56.3. The molecule has 0 aromatic carbocycles. The molecule has 1 amide bonds. The van der Waals surface area contributed by atoms with E-state index >= 15 is 0 Å². The van der Waals surface area contributed by atoms with E-state index in [-0.39, 0.29) is 0 Å². The molecule has 6 heteroatoms. The molecule has 6 nitrogen and oxygen atoms in total. The highest BCUT2D eigenvalue weighted by Gasteiger charge is 2.28. The van der Waals surface area contributed by atoms with Gasteiger partial charge in [-0.2, -0.15) is 0 Å². The van der Waals surface area contributed by atoms with Crippen molar-refractivity contribution >= 4 is 5.91 Å². The molecule has 0 aliphatic carbocycles. The summed E-state index contributed by atoms with van der Waals surface area (Å²) < 4.78 is 0. The zero-order valence-corrected chi connectivity index (χ0v) is 37.6. The predicted molar refractivity (Wildman–Crippen MR) is 247 cm³/mol. The number of hydrogen-bond acceptors (Lipinski definition) is 5. The maximum atomic E-state index is 12.4. The summed E-state index contributed by atoms with van der Waals surface area (Å²) in [7, 11) is 0. The molecular weight excluding hydrogens is 707 g/mol. The Labute approximate surface area is 353 Å². The molecule has 4 atom stereocenters. The number of carbonyl (C=O) groups excluding carboxylic acids is 1. The molecule has 334 valence electrons. The molecule has 0 fully saturated rings. The molecule has 0 saturated carbocycles. The third-order valence-corrected chi connectivity index (χ3v) is 11.2. The van der Waals surface area contributed by atoms with Crippen molar-refractivity contribution in [3.05, 3.63) is 48.6 Å². The summed E-state index contributed by atoms with van der Waals surface area (Å²) in [6, 6.07) is -1.02. The standard InChI is InChI=1S/C51H95NO5/c1-3-5-7-9-11-13-14-15-16-17-18-19-20-21-22-23-24-25-26-27-28-29-30-31-32-33-34-35-37-38-40-42-44-48(54)50(56)47(46-53)52-51(57)49(55)45-43-41-39-36-12-10-8-6-4-2/h10,12,28-29,32-33,37-38,47-50,53-56H,3-9,11,13-27,30-31,34-36,39-46H2,1-2H3,(H,52,57)/b12-10-,29-28+,33-32+,38-37+. The van der Waals surface area contributed by atoms with E-state index in [1.807, 2.05) is 0 Å². The predicted octanol–water partition coefficient (Wildman–Crippen LogP) is 13.5. The SMILES string of the molecule is CCCC/C=C\CCCCCC(O)C(=O)NC(CO)C(O)C(O)CCC/C=C/CC/C=C/CC/C=C/CCCCCCCCCCCCCCCCCCCCC. The van der Waals surface area contributed by atoms with E-state index in [4.69, 9.17) is 0 Å². The van der Waals surface area contributed by atoms with Crippen LogP contribution >= 0.6 is 0 Å². The summed E-state index contributed by atoms with van der Waals surface area (Å²) in [5, 5.41) is 43.5. The average Bonchev–Trinajstić information content (AvgIpc) is 3.22. The fourth-order valence-corrected chi connectivity index (χ4v) is 7.30. The summed E-state index contributed by atoms with van der Waals surface area (Å²) in [4.78, 5) is 12.4. The fourth-order valence-electron chi connectivity index (χ4n) is 7.30. The Balaban J connectivity index is 3.67. The summed E-state index contributed by atoms with van der Waals surface area (Å²) >= 11 is 0. The van der Waals surface area contributed by atoms with Crippen LogP contribution in [0, 0.1) is 0 Å². The molecule has 0 aliphatic rings. The lowest BCUT2D eigenvalue weighted by molar-refractivity contribution is -0.132. The average molecular weight is 802 g/mol. The monoisotopic (exact) mass is 802 g/mol. The smallest absolute Gasteiger partial charge is 0.249 e. The topological polar surface area (TPSA) is 110 Å². The van der Waals surface area contributed by atoms with Crippen molar-refractivity contribution in [1.82, 2.24) is 5.32 Å². The molecule has 0 aromatic rings. The molecule has 57 heavy (non-hydrogen) atoms. The molecule has 0 rings (SSSR count). The van der Waals surface area contributed by atoms with E-state index in [0.29, 0.717) is 19.3 Å². The van der Waals surface area contributed by atoms with Gasteiger partial charge in [-0.15, -0.1) is 0 Å². The molecule has 0 bridgehead atoms. The third-order valence-electron chi connectivity index (χ3n) is 11.2. The molecule has 4 unspecified atom stereocenters. The molecule has 0 spiro atoms. The number of hydrogen-bond donors (Lipinski definition) is 5. The van der Waals surface area contributed by atoms with Gasteiger partial charge >= 0.3 is 0 Å². The van der Waals surface area contributed by atoms with Crippen LogP contribution in [0.3, 0.4) is 0 Å². The lowest BCUT2D eigenvalue weighted by Crippen LogP contribution is -2.53. The summed E-state index contributed by atoms with van der Waals surface area (Å²) in [5.74, 6) is -0.616.